The zero-order valence-electron chi connectivity index (χ0n) is 20.9. The van der Waals surface area contributed by atoms with E-state index in [2.05, 4.69) is 4.98 Å². The molecule has 36 heavy (non-hydrogen) atoms. The van der Waals surface area contributed by atoms with Crippen LogP contribution in [-0.4, -0.2) is 57.7 Å². The minimum Gasteiger partial charge on any atom is -0.497 e. The number of aromatic nitrogens is 3. The number of piperidine rings is 1. The Hall–Kier alpha value is -3.95. The molecule has 1 amide bonds. The number of carbonyl (C=O) groups excluding carboxylic acids is 2. The molecule has 4 rings (SSSR count). The van der Waals surface area contributed by atoms with Gasteiger partial charge >= 0.3 is 11.7 Å². The maximum Gasteiger partial charge on any atom is 0.338 e. The first-order valence-electron chi connectivity index (χ1n) is 12.0. The van der Waals surface area contributed by atoms with Gasteiger partial charge in [-0.25, -0.2) is 23.7 Å². The Morgan fingerprint density at radius 2 is 1.92 bits per heavy atom. The number of aryl methyl sites for hydroxylation is 1. The summed E-state index contributed by atoms with van der Waals surface area (Å²) in [5.41, 5.74) is -0.706. The van der Waals surface area contributed by atoms with Crippen molar-refractivity contribution in [3.8, 4) is 11.4 Å². The average molecular weight is 495 g/mol. The van der Waals surface area contributed by atoms with Crippen LogP contribution >= 0.6 is 0 Å². The maximum atomic E-state index is 13.8. The maximum absolute atomic E-state index is 13.8. The van der Waals surface area contributed by atoms with Gasteiger partial charge in [-0.1, -0.05) is 13.0 Å². The van der Waals surface area contributed by atoms with Crippen LogP contribution in [0.3, 0.4) is 0 Å². The molecule has 1 atom stereocenters. The van der Waals surface area contributed by atoms with E-state index in [1.165, 1.54) is 24.9 Å². The average Bonchev–Trinajstić information content (AvgIpc) is 2.90. The van der Waals surface area contributed by atoms with Crippen LogP contribution in [0, 0.1) is 6.92 Å². The largest absolute Gasteiger partial charge is 0.497 e. The number of ether oxygens (including phenoxy) is 2. The van der Waals surface area contributed by atoms with Crippen molar-refractivity contribution in [3.63, 3.8) is 0 Å². The molecule has 1 fully saturated rings. The smallest absolute Gasteiger partial charge is 0.338 e. The standard InChI is InChI=1S/C26H30N4O6/c1-5-17-9-6-7-12-28(17)21(31)15-29-24(32)22-20(25(33)36-4)13-16(2)27-23(22)30(26(29)34)18-10-8-11-19(14-18)35-3/h8,10-11,13-14,17H,5-7,9,12,15H2,1-4H3/t17-/m1/s1. The zero-order chi connectivity index (χ0) is 26.0. The van der Waals surface area contributed by atoms with Crippen LogP contribution in [0.1, 0.15) is 48.7 Å². The molecule has 1 aliphatic rings. The van der Waals surface area contributed by atoms with Crippen molar-refractivity contribution in [3.05, 3.63) is 62.4 Å². The Morgan fingerprint density at radius 3 is 2.61 bits per heavy atom. The fourth-order valence-corrected chi connectivity index (χ4v) is 4.83. The molecule has 3 heterocycles. The van der Waals surface area contributed by atoms with Gasteiger partial charge in [0.25, 0.3) is 5.56 Å². The predicted molar refractivity (Wildman–Crippen MR) is 134 cm³/mol. The number of hydrogen-bond acceptors (Lipinski definition) is 7. The number of benzene rings is 1. The lowest BCUT2D eigenvalue weighted by Crippen LogP contribution is -2.49. The number of likely N-dealkylation sites (tertiary alicyclic amines) is 1. The molecule has 0 bridgehead atoms. The lowest BCUT2D eigenvalue weighted by Gasteiger charge is -2.35. The lowest BCUT2D eigenvalue weighted by atomic mass is 10.00. The van der Waals surface area contributed by atoms with Crippen molar-refractivity contribution in [2.75, 3.05) is 20.8 Å². The predicted octanol–water partition coefficient (Wildman–Crippen LogP) is 2.44. The Bertz CT molecular complexity index is 1440. The molecule has 3 aromatic rings. The van der Waals surface area contributed by atoms with Gasteiger partial charge in [-0.05, 0) is 50.8 Å². The van der Waals surface area contributed by atoms with Crippen LogP contribution in [0.2, 0.25) is 0 Å². The Labute approximate surface area is 208 Å². The number of hydrogen-bond donors (Lipinski definition) is 0. The molecular formula is C26H30N4O6. The van der Waals surface area contributed by atoms with Crippen LogP contribution in [0.25, 0.3) is 16.7 Å². The third kappa shape index (κ3) is 4.50. The molecule has 0 spiro atoms. The Balaban J connectivity index is 2.00. The third-order valence-corrected chi connectivity index (χ3v) is 6.65. The molecule has 0 unspecified atom stereocenters. The SMILES string of the molecule is CC[C@@H]1CCCCN1C(=O)Cn1c(=O)c2c(C(=O)OC)cc(C)nc2n(-c2cccc(OC)c2)c1=O. The van der Waals surface area contributed by atoms with E-state index in [1.54, 1.807) is 36.1 Å². The minimum absolute atomic E-state index is 0.00626. The number of nitrogens with zero attached hydrogens (tertiary/aromatic N) is 4. The number of rotatable bonds is 6. The minimum atomic E-state index is -0.763. The quantitative estimate of drug-likeness (QED) is 0.484. The summed E-state index contributed by atoms with van der Waals surface area (Å²) in [4.78, 5) is 59.7. The van der Waals surface area contributed by atoms with Gasteiger partial charge in [-0.15, -0.1) is 0 Å². The van der Waals surface area contributed by atoms with E-state index in [4.69, 9.17) is 9.47 Å². The second-order valence-corrected chi connectivity index (χ2v) is 8.86. The van der Waals surface area contributed by atoms with Crippen LogP contribution in [0.5, 0.6) is 5.75 Å². The van der Waals surface area contributed by atoms with Gasteiger partial charge in [0.1, 0.15) is 12.3 Å². The third-order valence-electron chi connectivity index (χ3n) is 6.65. The Morgan fingerprint density at radius 1 is 1.14 bits per heavy atom. The topological polar surface area (TPSA) is 113 Å². The first kappa shape index (κ1) is 25.2. The van der Waals surface area contributed by atoms with Crippen molar-refractivity contribution >= 4 is 22.9 Å². The van der Waals surface area contributed by atoms with Crippen LogP contribution in [-0.2, 0) is 16.1 Å². The zero-order valence-corrected chi connectivity index (χ0v) is 20.9. The van der Waals surface area contributed by atoms with Gasteiger partial charge in [-0.3, -0.25) is 9.59 Å². The summed E-state index contributed by atoms with van der Waals surface area (Å²) < 4.78 is 12.3. The fourth-order valence-electron chi connectivity index (χ4n) is 4.83. The number of fused-ring (bicyclic) bond motifs is 1. The van der Waals surface area contributed by atoms with E-state index < -0.39 is 23.8 Å². The van der Waals surface area contributed by atoms with Crippen molar-refractivity contribution in [2.24, 2.45) is 0 Å². The molecule has 1 aliphatic heterocycles. The van der Waals surface area contributed by atoms with Crippen molar-refractivity contribution in [1.29, 1.82) is 0 Å². The first-order chi connectivity index (χ1) is 17.3. The van der Waals surface area contributed by atoms with E-state index in [0.29, 0.717) is 23.7 Å². The normalized spacial score (nSPS) is 15.7. The molecule has 2 aromatic heterocycles. The first-order valence-corrected chi connectivity index (χ1v) is 12.0. The van der Waals surface area contributed by atoms with Gasteiger partial charge < -0.3 is 14.4 Å². The summed E-state index contributed by atoms with van der Waals surface area (Å²) in [6, 6.07) is 8.22. The number of amides is 1. The van der Waals surface area contributed by atoms with E-state index in [1.807, 2.05) is 6.92 Å². The summed E-state index contributed by atoms with van der Waals surface area (Å²) in [6.45, 7) is 3.81. The molecule has 1 aromatic carbocycles. The van der Waals surface area contributed by atoms with Gasteiger partial charge in [0.2, 0.25) is 5.91 Å². The molecular weight excluding hydrogens is 464 g/mol. The molecule has 0 saturated carbocycles. The molecule has 0 N–H and O–H groups in total. The highest BCUT2D eigenvalue weighted by molar-refractivity contribution is 6.02. The lowest BCUT2D eigenvalue weighted by molar-refractivity contribution is -0.135. The van der Waals surface area contributed by atoms with Gasteiger partial charge in [0.15, 0.2) is 5.65 Å². The molecule has 190 valence electrons. The van der Waals surface area contributed by atoms with E-state index in [-0.39, 0.29) is 28.5 Å². The van der Waals surface area contributed by atoms with Crippen molar-refractivity contribution < 1.29 is 19.1 Å². The second kappa shape index (κ2) is 10.3. The summed E-state index contributed by atoms with van der Waals surface area (Å²) in [5, 5.41) is -0.0895. The molecule has 0 radical (unpaired) electrons. The summed E-state index contributed by atoms with van der Waals surface area (Å²) in [7, 11) is 2.71. The molecule has 0 aliphatic carbocycles. The highest BCUT2D eigenvalue weighted by Crippen LogP contribution is 2.22. The summed E-state index contributed by atoms with van der Waals surface area (Å²) in [6.07, 6.45) is 3.59. The summed E-state index contributed by atoms with van der Waals surface area (Å²) >= 11 is 0. The van der Waals surface area contributed by atoms with E-state index in [0.717, 1.165) is 30.3 Å². The Kier molecular flexibility index (Phi) is 7.23. The van der Waals surface area contributed by atoms with Gasteiger partial charge in [0, 0.05) is 24.3 Å². The van der Waals surface area contributed by atoms with E-state index in [9.17, 15) is 19.2 Å². The summed E-state index contributed by atoms with van der Waals surface area (Å²) in [5.74, 6) is -0.559. The monoisotopic (exact) mass is 494 g/mol. The second-order valence-electron chi connectivity index (χ2n) is 8.86. The highest BCUT2D eigenvalue weighted by Gasteiger charge is 2.28. The van der Waals surface area contributed by atoms with E-state index >= 15 is 0 Å². The van der Waals surface area contributed by atoms with Crippen LogP contribution in [0.15, 0.2) is 39.9 Å². The number of esters is 1. The van der Waals surface area contributed by atoms with Crippen LogP contribution < -0.4 is 16.0 Å². The molecule has 10 nitrogen and oxygen atoms in total. The molecule has 1 saturated heterocycles. The number of carbonyl (C=O) groups is 2. The number of pyridine rings is 1. The van der Waals surface area contributed by atoms with Crippen molar-refractivity contribution in [2.45, 2.75) is 52.1 Å². The number of methoxy groups -OCH3 is 2. The van der Waals surface area contributed by atoms with Crippen molar-refractivity contribution in [1.82, 2.24) is 19.0 Å². The van der Waals surface area contributed by atoms with Gasteiger partial charge in [-0.2, -0.15) is 0 Å². The van der Waals surface area contributed by atoms with Crippen LogP contribution in [0.4, 0.5) is 0 Å². The molecule has 10 heteroatoms. The fraction of sp³-hybridized carbons (Fsp3) is 0.423. The van der Waals surface area contributed by atoms with Gasteiger partial charge in [0.05, 0.1) is 30.9 Å². The highest BCUT2D eigenvalue weighted by atomic mass is 16.5.